The van der Waals surface area contributed by atoms with E-state index in [9.17, 15) is 9.18 Å². The number of carbonyl (C=O) groups is 1. The number of hydrogen-bond acceptors (Lipinski definition) is 3. The van der Waals surface area contributed by atoms with Gasteiger partial charge in [-0.3, -0.25) is 9.48 Å². The lowest BCUT2D eigenvalue weighted by Crippen LogP contribution is -2.14. The van der Waals surface area contributed by atoms with Crippen LogP contribution >= 0.6 is 12.6 Å². The topological polar surface area (TPSA) is 46.9 Å². The van der Waals surface area contributed by atoms with E-state index in [1.807, 2.05) is 6.92 Å². The number of nitrogens with one attached hydrogen (secondary N) is 1. The summed E-state index contributed by atoms with van der Waals surface area (Å²) in [5, 5.41) is 6.61. The van der Waals surface area contributed by atoms with Crippen LogP contribution in [0, 0.1) is 12.7 Å². The number of carbonyl (C=O) groups excluding carboxylic acids is 1. The van der Waals surface area contributed by atoms with Gasteiger partial charge in [-0.25, -0.2) is 4.39 Å². The van der Waals surface area contributed by atoms with Gasteiger partial charge in [-0.05, 0) is 25.1 Å². The van der Waals surface area contributed by atoms with Crippen molar-refractivity contribution in [1.82, 2.24) is 9.78 Å². The van der Waals surface area contributed by atoms with E-state index in [4.69, 9.17) is 0 Å². The molecule has 0 unspecified atom stereocenters. The summed E-state index contributed by atoms with van der Waals surface area (Å²) in [6, 6.07) is 5.78. The molecule has 0 saturated heterocycles. The molecule has 0 saturated carbocycles. The number of benzene rings is 1. The van der Waals surface area contributed by atoms with Gasteiger partial charge in [0.15, 0.2) is 5.82 Å². The van der Waals surface area contributed by atoms with Gasteiger partial charge >= 0.3 is 0 Å². The highest BCUT2D eigenvalue weighted by Gasteiger charge is 2.13. The Morgan fingerprint density at radius 2 is 2.17 bits per heavy atom. The van der Waals surface area contributed by atoms with E-state index >= 15 is 0 Å². The molecule has 0 atom stereocenters. The van der Waals surface area contributed by atoms with Crippen molar-refractivity contribution in [3.63, 3.8) is 0 Å². The Bertz CT molecular complexity index is 590. The fraction of sp³-hybridized carbons (Fsp3) is 0.167. The number of thiol groups is 1. The van der Waals surface area contributed by atoms with E-state index in [1.54, 1.807) is 17.8 Å². The van der Waals surface area contributed by atoms with Crippen LogP contribution in [0.5, 0.6) is 0 Å². The summed E-state index contributed by atoms with van der Waals surface area (Å²) in [6.07, 6.45) is 0. The van der Waals surface area contributed by atoms with E-state index in [0.717, 1.165) is 5.69 Å². The summed E-state index contributed by atoms with van der Waals surface area (Å²) in [5.41, 5.74) is 0.847. The monoisotopic (exact) mass is 265 g/mol. The van der Waals surface area contributed by atoms with Crippen molar-refractivity contribution < 1.29 is 9.18 Å². The molecule has 0 fully saturated rings. The van der Waals surface area contributed by atoms with Gasteiger partial charge in [-0.1, -0.05) is 0 Å². The minimum Gasteiger partial charge on any atom is -0.305 e. The number of rotatable bonds is 2. The summed E-state index contributed by atoms with van der Waals surface area (Å²) >= 11 is 4.08. The van der Waals surface area contributed by atoms with Gasteiger partial charge in [0.2, 0.25) is 0 Å². The molecule has 94 valence electrons. The standard InChI is InChI=1S/C12H12FN3OS/c1-7-5-11(15-16(7)2)14-12(17)9-6-8(18)3-4-10(9)13/h3-6,18H,1-2H3,(H,14,15,17). The molecular weight excluding hydrogens is 253 g/mol. The van der Waals surface area contributed by atoms with Gasteiger partial charge in [0.05, 0.1) is 5.56 Å². The van der Waals surface area contributed by atoms with E-state index in [2.05, 4.69) is 23.0 Å². The van der Waals surface area contributed by atoms with Gasteiger partial charge in [0.1, 0.15) is 5.82 Å². The third kappa shape index (κ3) is 2.53. The molecule has 4 nitrogen and oxygen atoms in total. The van der Waals surface area contributed by atoms with Gasteiger partial charge in [-0.2, -0.15) is 5.10 Å². The van der Waals surface area contributed by atoms with Crippen LogP contribution in [0.15, 0.2) is 29.2 Å². The maximum Gasteiger partial charge on any atom is 0.259 e. The summed E-state index contributed by atoms with van der Waals surface area (Å²) in [6.45, 7) is 1.86. The average molecular weight is 265 g/mol. The third-order valence-electron chi connectivity index (χ3n) is 2.55. The summed E-state index contributed by atoms with van der Waals surface area (Å²) < 4.78 is 15.1. The highest BCUT2D eigenvalue weighted by atomic mass is 32.1. The van der Waals surface area contributed by atoms with Crippen molar-refractivity contribution in [1.29, 1.82) is 0 Å². The van der Waals surface area contributed by atoms with E-state index in [-0.39, 0.29) is 5.56 Å². The predicted octanol–water partition coefficient (Wildman–Crippen LogP) is 2.41. The van der Waals surface area contributed by atoms with Gasteiger partial charge in [0, 0.05) is 23.7 Å². The molecule has 6 heteroatoms. The first-order valence-corrected chi connectivity index (χ1v) is 5.72. The molecule has 0 aliphatic heterocycles. The van der Waals surface area contributed by atoms with Crippen LogP contribution in [0.2, 0.25) is 0 Å². The smallest absolute Gasteiger partial charge is 0.259 e. The SMILES string of the molecule is Cc1cc(NC(=O)c2cc(S)ccc2F)nn1C. The number of aromatic nitrogens is 2. The molecule has 1 heterocycles. The highest BCUT2D eigenvalue weighted by Crippen LogP contribution is 2.15. The van der Waals surface area contributed by atoms with Crippen molar-refractivity contribution in [2.45, 2.75) is 11.8 Å². The maximum absolute atomic E-state index is 13.5. The van der Waals surface area contributed by atoms with Crippen LogP contribution < -0.4 is 5.32 Å². The summed E-state index contributed by atoms with van der Waals surface area (Å²) in [5.74, 6) is -0.733. The fourth-order valence-electron chi connectivity index (χ4n) is 1.49. The average Bonchev–Trinajstić information content (AvgIpc) is 2.61. The second kappa shape index (κ2) is 4.81. The van der Waals surface area contributed by atoms with E-state index < -0.39 is 11.7 Å². The zero-order chi connectivity index (χ0) is 13.3. The lowest BCUT2D eigenvalue weighted by molar-refractivity contribution is 0.102. The largest absolute Gasteiger partial charge is 0.305 e. The van der Waals surface area contributed by atoms with Crippen LogP contribution in [0.25, 0.3) is 0 Å². The number of nitrogens with zero attached hydrogens (tertiary/aromatic N) is 2. The Balaban J connectivity index is 2.24. The highest BCUT2D eigenvalue weighted by molar-refractivity contribution is 7.80. The number of aryl methyl sites for hydroxylation is 2. The van der Waals surface area contributed by atoms with Crippen molar-refractivity contribution in [2.24, 2.45) is 7.05 Å². The molecule has 2 aromatic rings. The molecule has 0 bridgehead atoms. The fourth-order valence-corrected chi connectivity index (χ4v) is 1.70. The Morgan fingerprint density at radius 1 is 1.44 bits per heavy atom. The van der Waals surface area contributed by atoms with Crippen molar-refractivity contribution in [2.75, 3.05) is 5.32 Å². The van der Waals surface area contributed by atoms with Crippen LogP contribution in [-0.4, -0.2) is 15.7 Å². The molecule has 0 aliphatic rings. The van der Waals surface area contributed by atoms with Gasteiger partial charge in [0.25, 0.3) is 5.91 Å². The Hall–Kier alpha value is -1.82. The first-order chi connectivity index (χ1) is 8.47. The Morgan fingerprint density at radius 3 is 2.78 bits per heavy atom. The summed E-state index contributed by atoms with van der Waals surface area (Å²) in [4.78, 5) is 12.4. The quantitative estimate of drug-likeness (QED) is 0.819. The first kappa shape index (κ1) is 12.6. The molecule has 1 aromatic carbocycles. The number of halogens is 1. The lowest BCUT2D eigenvalue weighted by atomic mass is 10.2. The maximum atomic E-state index is 13.5. The molecule has 0 spiro atoms. The van der Waals surface area contributed by atoms with Gasteiger partial charge < -0.3 is 5.32 Å². The zero-order valence-corrected chi connectivity index (χ0v) is 10.8. The zero-order valence-electron chi connectivity index (χ0n) is 9.94. The molecule has 2 rings (SSSR count). The Kier molecular flexibility index (Phi) is 3.38. The van der Waals surface area contributed by atoms with Crippen LogP contribution in [0.1, 0.15) is 16.1 Å². The van der Waals surface area contributed by atoms with Crippen LogP contribution in [0.3, 0.4) is 0 Å². The van der Waals surface area contributed by atoms with E-state index in [1.165, 1.54) is 18.2 Å². The van der Waals surface area contributed by atoms with Crippen molar-refractivity contribution >= 4 is 24.4 Å². The number of hydrogen-bond donors (Lipinski definition) is 2. The second-order valence-corrected chi connectivity index (χ2v) is 4.43. The minimum absolute atomic E-state index is 0.0502. The number of amides is 1. The van der Waals surface area contributed by atoms with E-state index in [0.29, 0.717) is 10.7 Å². The lowest BCUT2D eigenvalue weighted by Gasteiger charge is -2.04. The molecule has 0 aliphatic carbocycles. The van der Waals surface area contributed by atoms with Crippen molar-refractivity contribution in [3.8, 4) is 0 Å². The minimum atomic E-state index is -0.585. The molecular formula is C12H12FN3OS. The normalized spacial score (nSPS) is 10.4. The van der Waals surface area contributed by atoms with Crippen LogP contribution in [-0.2, 0) is 7.05 Å². The van der Waals surface area contributed by atoms with Crippen LogP contribution in [0.4, 0.5) is 10.2 Å². The number of anilines is 1. The molecule has 1 amide bonds. The first-order valence-electron chi connectivity index (χ1n) is 5.28. The van der Waals surface area contributed by atoms with Gasteiger partial charge in [-0.15, -0.1) is 12.6 Å². The molecule has 1 aromatic heterocycles. The summed E-state index contributed by atoms with van der Waals surface area (Å²) in [7, 11) is 1.76. The van der Waals surface area contributed by atoms with Crippen molar-refractivity contribution in [3.05, 3.63) is 41.3 Å². The second-order valence-electron chi connectivity index (χ2n) is 3.91. The molecule has 18 heavy (non-hydrogen) atoms. The Labute approximate surface area is 109 Å². The third-order valence-corrected chi connectivity index (χ3v) is 2.83. The predicted molar refractivity (Wildman–Crippen MR) is 69.6 cm³/mol. The molecule has 1 N–H and O–H groups in total. The molecule has 0 radical (unpaired) electrons.